The van der Waals surface area contributed by atoms with Crippen molar-refractivity contribution in [2.24, 2.45) is 10.9 Å². The summed E-state index contributed by atoms with van der Waals surface area (Å²) in [6.45, 7) is 16.6. The molecule has 1 saturated heterocycles. The largest absolute Gasteiger partial charge is 0.444 e. The molecule has 0 aromatic heterocycles. The molecule has 0 atom stereocenters. The molecule has 2 aliphatic rings. The molecule has 0 spiro atoms. The van der Waals surface area contributed by atoms with Crippen LogP contribution in [0.3, 0.4) is 0 Å². The number of guanidine groups is 1. The van der Waals surface area contributed by atoms with Gasteiger partial charge < -0.3 is 24.8 Å². The molecule has 0 bridgehead atoms. The van der Waals surface area contributed by atoms with E-state index >= 15 is 0 Å². The maximum Gasteiger partial charge on any atom is 0.410 e. The van der Waals surface area contributed by atoms with E-state index in [1.165, 1.54) is 12.8 Å². The Morgan fingerprint density at radius 3 is 2.13 bits per heavy atom. The third-order valence-electron chi connectivity index (χ3n) is 6.15. The molecule has 0 radical (unpaired) electrons. The first-order valence-corrected chi connectivity index (χ1v) is 11.6. The van der Waals surface area contributed by atoms with Crippen molar-refractivity contribution in [3.05, 3.63) is 0 Å². The van der Waals surface area contributed by atoms with E-state index in [0.29, 0.717) is 5.92 Å². The third-order valence-corrected chi connectivity index (χ3v) is 6.15. The molecule has 8 heteroatoms. The van der Waals surface area contributed by atoms with Gasteiger partial charge in [0.05, 0.1) is 6.54 Å². The quantitative estimate of drug-likeness (QED) is 0.294. The van der Waals surface area contributed by atoms with Gasteiger partial charge in [-0.3, -0.25) is 4.99 Å². The van der Waals surface area contributed by atoms with Gasteiger partial charge in [0.25, 0.3) is 0 Å². The van der Waals surface area contributed by atoms with Gasteiger partial charge in [-0.1, -0.05) is 0 Å². The van der Waals surface area contributed by atoms with Gasteiger partial charge in [0.15, 0.2) is 5.96 Å². The van der Waals surface area contributed by atoms with E-state index in [0.717, 1.165) is 51.5 Å². The Morgan fingerprint density at radius 2 is 1.68 bits per heavy atom. The minimum absolute atomic E-state index is 0. The first-order chi connectivity index (χ1) is 13.9. The molecule has 0 aromatic rings. The van der Waals surface area contributed by atoms with Crippen molar-refractivity contribution >= 4 is 36.0 Å². The number of likely N-dealkylation sites (N-methyl/N-ethyl adjacent to an activating group) is 1. The average molecular weight is 552 g/mol. The van der Waals surface area contributed by atoms with Crippen LogP contribution in [0.25, 0.3) is 0 Å². The fraction of sp³-hybridized carbons (Fsp3) is 0.913. The van der Waals surface area contributed by atoms with Gasteiger partial charge >= 0.3 is 6.09 Å². The van der Waals surface area contributed by atoms with Crippen LogP contribution in [0.5, 0.6) is 0 Å². The van der Waals surface area contributed by atoms with Gasteiger partial charge in [-0.15, -0.1) is 24.0 Å². The van der Waals surface area contributed by atoms with E-state index in [-0.39, 0.29) is 41.7 Å². The van der Waals surface area contributed by atoms with Crippen LogP contribution in [0.4, 0.5) is 4.79 Å². The molecule has 7 nitrogen and oxygen atoms in total. The Morgan fingerprint density at radius 1 is 1.10 bits per heavy atom. The summed E-state index contributed by atoms with van der Waals surface area (Å²) < 4.78 is 5.73. The maximum atomic E-state index is 12.9. The van der Waals surface area contributed by atoms with Crippen molar-refractivity contribution in [2.75, 3.05) is 46.8 Å². The molecule has 1 aliphatic carbocycles. The van der Waals surface area contributed by atoms with Gasteiger partial charge in [-0.25, -0.2) is 4.79 Å². The topological polar surface area (TPSA) is 60.4 Å². The minimum Gasteiger partial charge on any atom is -0.444 e. The van der Waals surface area contributed by atoms with E-state index in [9.17, 15) is 4.79 Å². The highest BCUT2D eigenvalue weighted by Crippen LogP contribution is 2.32. The summed E-state index contributed by atoms with van der Waals surface area (Å²) >= 11 is 0. The van der Waals surface area contributed by atoms with Crippen LogP contribution in [0.15, 0.2) is 4.99 Å². The summed E-state index contributed by atoms with van der Waals surface area (Å²) in [7, 11) is 4.19. The summed E-state index contributed by atoms with van der Waals surface area (Å²) in [5.74, 6) is 1.64. The van der Waals surface area contributed by atoms with Gasteiger partial charge in [-0.05, 0) is 87.2 Å². The standard InChI is InChI=1S/C23H45N5O2.HI/c1-9-24-20(25-17-23(5,6)26(7)8)27-14-12-19(13-15-27)28(16-18-10-11-18)21(29)30-22(2,3)4;/h18-19H,9-17H2,1-8H3,(H,24,25);1H. The summed E-state index contributed by atoms with van der Waals surface area (Å²) in [5.41, 5.74) is -0.444. The molecule has 1 heterocycles. The predicted molar refractivity (Wildman–Crippen MR) is 139 cm³/mol. The molecule has 2 fully saturated rings. The molecule has 1 amide bonds. The number of aliphatic imine (C=N–C) groups is 1. The smallest absolute Gasteiger partial charge is 0.410 e. The fourth-order valence-corrected chi connectivity index (χ4v) is 3.50. The number of likely N-dealkylation sites (tertiary alicyclic amines) is 1. The van der Waals surface area contributed by atoms with Crippen molar-refractivity contribution < 1.29 is 9.53 Å². The first kappa shape index (κ1) is 28.3. The average Bonchev–Trinajstić information content (AvgIpc) is 3.46. The van der Waals surface area contributed by atoms with Gasteiger partial charge in [0, 0.05) is 37.8 Å². The highest BCUT2D eigenvalue weighted by Gasteiger charge is 2.35. The second kappa shape index (κ2) is 11.9. The maximum absolute atomic E-state index is 12.9. The Balaban J connectivity index is 0.00000480. The molecule has 1 N–H and O–H groups in total. The summed E-state index contributed by atoms with van der Waals surface area (Å²) in [5, 5.41) is 3.46. The summed E-state index contributed by atoms with van der Waals surface area (Å²) in [4.78, 5) is 24.4. The van der Waals surface area contributed by atoms with Crippen LogP contribution in [-0.4, -0.2) is 90.8 Å². The van der Waals surface area contributed by atoms with E-state index in [2.05, 4.69) is 50.0 Å². The highest BCUT2D eigenvalue weighted by molar-refractivity contribution is 14.0. The number of amides is 1. The second-order valence-electron chi connectivity index (χ2n) is 10.7. The Labute approximate surface area is 207 Å². The lowest BCUT2D eigenvalue weighted by Gasteiger charge is -2.40. The molecule has 31 heavy (non-hydrogen) atoms. The number of nitrogens with zero attached hydrogens (tertiary/aromatic N) is 4. The Bertz CT molecular complexity index is 591. The lowest BCUT2D eigenvalue weighted by Crippen LogP contribution is -2.53. The molecule has 0 aromatic carbocycles. The van der Waals surface area contributed by atoms with E-state index in [1.807, 2.05) is 25.7 Å². The number of hydrogen-bond donors (Lipinski definition) is 1. The lowest BCUT2D eigenvalue weighted by atomic mass is 10.0. The number of ether oxygens (including phenoxy) is 1. The van der Waals surface area contributed by atoms with Crippen LogP contribution in [0.2, 0.25) is 0 Å². The highest BCUT2D eigenvalue weighted by atomic mass is 127. The number of carbonyl (C=O) groups is 1. The van der Waals surface area contributed by atoms with Gasteiger partial charge in [-0.2, -0.15) is 0 Å². The lowest BCUT2D eigenvalue weighted by molar-refractivity contribution is 0.00927. The zero-order valence-corrected chi connectivity index (χ0v) is 23.4. The van der Waals surface area contributed by atoms with Gasteiger partial charge in [0.2, 0.25) is 0 Å². The Kier molecular flexibility index (Phi) is 10.9. The Hall–Kier alpha value is -0.770. The molecule has 0 unspecified atom stereocenters. The van der Waals surface area contributed by atoms with Crippen LogP contribution >= 0.6 is 24.0 Å². The third kappa shape index (κ3) is 9.32. The number of halogens is 1. The van der Waals surface area contributed by atoms with Crippen molar-refractivity contribution in [2.45, 2.75) is 84.4 Å². The number of hydrogen-bond acceptors (Lipinski definition) is 4. The van der Waals surface area contributed by atoms with E-state index in [4.69, 9.17) is 9.73 Å². The number of rotatable bonds is 7. The van der Waals surface area contributed by atoms with Crippen molar-refractivity contribution in [1.29, 1.82) is 0 Å². The van der Waals surface area contributed by atoms with Crippen molar-refractivity contribution in [1.82, 2.24) is 20.0 Å². The summed E-state index contributed by atoms with van der Waals surface area (Å²) in [6.07, 6.45) is 4.22. The molecular weight excluding hydrogens is 505 g/mol. The number of piperidine rings is 1. The van der Waals surface area contributed by atoms with Crippen LogP contribution in [0.1, 0.15) is 67.2 Å². The normalized spacial score (nSPS) is 18.6. The second-order valence-corrected chi connectivity index (χ2v) is 10.7. The monoisotopic (exact) mass is 551 g/mol. The SMILES string of the molecule is CCNC(=NCC(C)(C)N(C)C)N1CCC(N(CC2CC2)C(=O)OC(C)(C)C)CC1.I. The molecule has 2 rings (SSSR count). The predicted octanol–water partition coefficient (Wildman–Crippen LogP) is 4.02. The molecule has 1 saturated carbocycles. The van der Waals surface area contributed by atoms with Crippen LogP contribution < -0.4 is 5.32 Å². The summed E-state index contributed by atoms with van der Waals surface area (Å²) in [6, 6.07) is 0.248. The van der Waals surface area contributed by atoms with E-state index in [1.54, 1.807) is 0 Å². The zero-order valence-electron chi connectivity index (χ0n) is 21.0. The molecule has 182 valence electrons. The fourth-order valence-electron chi connectivity index (χ4n) is 3.50. The minimum atomic E-state index is -0.455. The molecular formula is C23H46IN5O2. The van der Waals surface area contributed by atoms with E-state index < -0.39 is 5.60 Å². The van der Waals surface area contributed by atoms with Crippen LogP contribution in [0, 0.1) is 5.92 Å². The zero-order chi connectivity index (χ0) is 22.5. The van der Waals surface area contributed by atoms with Crippen molar-refractivity contribution in [3.8, 4) is 0 Å². The molecule has 1 aliphatic heterocycles. The van der Waals surface area contributed by atoms with Gasteiger partial charge in [0.1, 0.15) is 5.60 Å². The number of carbonyl (C=O) groups excluding carboxylic acids is 1. The van der Waals surface area contributed by atoms with Crippen LogP contribution in [-0.2, 0) is 4.74 Å². The van der Waals surface area contributed by atoms with Crippen molar-refractivity contribution in [3.63, 3.8) is 0 Å². The number of nitrogens with one attached hydrogen (secondary N) is 1. The first-order valence-electron chi connectivity index (χ1n) is 11.6.